The van der Waals surface area contributed by atoms with Crippen molar-refractivity contribution in [2.24, 2.45) is 0 Å². The smallest absolute Gasteiger partial charge is 0.266 e. The molecule has 0 aliphatic carbocycles. The standard InChI is InChI=1S/C29H23ClN2O2/c1-2-34-25-15-13-24(14-16-25)32-29(33)23(19-31)18-27-21(17-22-8-4-6-10-28(22)30)12-11-20-7-3-5-9-26(20)27/h3-16,18H,2,17H2,1H3,(H,32,33)/b23-18+. The largest absolute Gasteiger partial charge is 0.494 e. The molecule has 0 heterocycles. The maximum Gasteiger partial charge on any atom is 0.266 e. The van der Waals surface area contributed by atoms with Gasteiger partial charge in [-0.3, -0.25) is 4.79 Å². The zero-order valence-corrected chi connectivity index (χ0v) is 19.5. The molecular formula is C29H23ClN2O2. The summed E-state index contributed by atoms with van der Waals surface area (Å²) in [5.41, 5.74) is 3.39. The van der Waals surface area contributed by atoms with E-state index in [1.165, 1.54) is 0 Å². The van der Waals surface area contributed by atoms with Gasteiger partial charge >= 0.3 is 0 Å². The van der Waals surface area contributed by atoms with Crippen LogP contribution >= 0.6 is 11.6 Å². The van der Waals surface area contributed by atoms with Gasteiger partial charge in [-0.2, -0.15) is 5.26 Å². The van der Waals surface area contributed by atoms with E-state index in [-0.39, 0.29) is 5.57 Å². The molecule has 0 fully saturated rings. The van der Waals surface area contributed by atoms with Crippen molar-refractivity contribution in [3.63, 3.8) is 0 Å². The molecule has 4 rings (SSSR count). The average molecular weight is 467 g/mol. The van der Waals surface area contributed by atoms with E-state index >= 15 is 0 Å². The minimum absolute atomic E-state index is 0.0191. The molecule has 4 nitrogen and oxygen atoms in total. The van der Waals surface area contributed by atoms with Crippen LogP contribution in [-0.4, -0.2) is 12.5 Å². The molecule has 0 unspecified atom stereocenters. The van der Waals surface area contributed by atoms with E-state index in [2.05, 4.69) is 11.4 Å². The lowest BCUT2D eigenvalue weighted by Gasteiger charge is -2.12. The van der Waals surface area contributed by atoms with E-state index in [1.807, 2.05) is 67.6 Å². The number of nitriles is 1. The van der Waals surface area contributed by atoms with Crippen molar-refractivity contribution >= 4 is 40.0 Å². The molecule has 0 atom stereocenters. The molecule has 0 saturated carbocycles. The monoisotopic (exact) mass is 466 g/mol. The topological polar surface area (TPSA) is 62.1 Å². The third-order valence-corrected chi connectivity index (χ3v) is 5.85. The van der Waals surface area contributed by atoms with E-state index in [1.54, 1.807) is 30.3 Å². The van der Waals surface area contributed by atoms with Crippen molar-refractivity contribution in [1.29, 1.82) is 5.26 Å². The van der Waals surface area contributed by atoms with E-state index in [0.29, 0.717) is 23.7 Å². The van der Waals surface area contributed by atoms with E-state index in [9.17, 15) is 10.1 Å². The van der Waals surface area contributed by atoms with Gasteiger partial charge in [-0.1, -0.05) is 66.2 Å². The van der Waals surface area contributed by atoms with Gasteiger partial charge in [0.05, 0.1) is 6.61 Å². The molecule has 4 aromatic carbocycles. The second kappa shape index (κ2) is 10.7. The summed E-state index contributed by atoms with van der Waals surface area (Å²) in [6.45, 7) is 2.47. The summed E-state index contributed by atoms with van der Waals surface area (Å²) in [7, 11) is 0. The van der Waals surface area contributed by atoms with Gasteiger partial charge in [-0.25, -0.2) is 0 Å². The first-order valence-electron chi connectivity index (χ1n) is 11.0. The number of carbonyl (C=O) groups is 1. The molecule has 0 aromatic heterocycles. The summed E-state index contributed by atoms with van der Waals surface area (Å²) in [6.07, 6.45) is 2.24. The first-order valence-corrected chi connectivity index (χ1v) is 11.4. The van der Waals surface area contributed by atoms with Crippen LogP contribution in [0.25, 0.3) is 16.8 Å². The first-order chi connectivity index (χ1) is 16.6. The summed E-state index contributed by atoms with van der Waals surface area (Å²) in [5, 5.41) is 15.3. The second-order valence-corrected chi connectivity index (χ2v) is 8.12. The number of ether oxygens (including phenoxy) is 1. The maximum absolute atomic E-state index is 13.0. The Morgan fingerprint density at radius 2 is 1.71 bits per heavy atom. The van der Waals surface area contributed by atoms with E-state index in [4.69, 9.17) is 16.3 Å². The third-order valence-electron chi connectivity index (χ3n) is 5.48. The molecule has 0 radical (unpaired) electrons. The fourth-order valence-electron chi connectivity index (χ4n) is 3.80. The molecule has 4 aromatic rings. The molecule has 0 aliphatic heterocycles. The summed E-state index contributed by atoms with van der Waals surface area (Å²) in [5.74, 6) is 0.250. The van der Waals surface area contributed by atoms with Crippen molar-refractivity contribution in [1.82, 2.24) is 0 Å². The summed E-state index contributed by atoms with van der Waals surface area (Å²) in [6, 6.07) is 28.8. The number of amides is 1. The fourth-order valence-corrected chi connectivity index (χ4v) is 4.01. The highest BCUT2D eigenvalue weighted by molar-refractivity contribution is 6.31. The molecule has 0 spiro atoms. The number of nitrogens with one attached hydrogen (secondary N) is 1. The van der Waals surface area contributed by atoms with Gasteiger partial charge in [-0.15, -0.1) is 0 Å². The maximum atomic E-state index is 13.0. The van der Waals surface area contributed by atoms with Crippen LogP contribution in [0.3, 0.4) is 0 Å². The number of hydrogen-bond donors (Lipinski definition) is 1. The molecule has 5 heteroatoms. The molecular weight excluding hydrogens is 444 g/mol. The fraction of sp³-hybridized carbons (Fsp3) is 0.103. The Kier molecular flexibility index (Phi) is 7.27. The molecule has 1 amide bonds. The lowest BCUT2D eigenvalue weighted by atomic mass is 9.93. The predicted octanol–water partition coefficient (Wildman–Crippen LogP) is 7.03. The van der Waals surface area contributed by atoms with Gasteiger partial charge in [-0.05, 0) is 77.2 Å². The molecule has 0 saturated heterocycles. The highest BCUT2D eigenvalue weighted by Crippen LogP contribution is 2.29. The van der Waals surface area contributed by atoms with Crippen LogP contribution in [0.4, 0.5) is 5.69 Å². The van der Waals surface area contributed by atoms with Crippen LogP contribution in [0.2, 0.25) is 5.02 Å². The minimum Gasteiger partial charge on any atom is -0.494 e. The minimum atomic E-state index is -0.469. The van der Waals surface area contributed by atoms with Gasteiger partial charge < -0.3 is 10.1 Å². The number of rotatable bonds is 7. The number of benzene rings is 4. The molecule has 168 valence electrons. The van der Waals surface area contributed by atoms with Crippen LogP contribution in [0.1, 0.15) is 23.6 Å². The van der Waals surface area contributed by atoms with Gasteiger partial charge in [0.2, 0.25) is 0 Å². The van der Waals surface area contributed by atoms with Crippen LogP contribution in [-0.2, 0) is 11.2 Å². The Morgan fingerprint density at radius 3 is 2.44 bits per heavy atom. The highest BCUT2D eigenvalue weighted by atomic mass is 35.5. The quantitative estimate of drug-likeness (QED) is 0.235. The van der Waals surface area contributed by atoms with E-state index in [0.717, 1.165) is 33.2 Å². The predicted molar refractivity (Wildman–Crippen MR) is 138 cm³/mol. The van der Waals surface area contributed by atoms with Crippen LogP contribution in [0.5, 0.6) is 5.75 Å². The zero-order chi connectivity index (χ0) is 23.9. The molecule has 0 bridgehead atoms. The van der Waals surface area contributed by atoms with Gasteiger partial charge in [0, 0.05) is 10.7 Å². The Labute approximate surface area is 204 Å². The second-order valence-electron chi connectivity index (χ2n) is 7.71. The van der Waals surface area contributed by atoms with E-state index < -0.39 is 5.91 Å². The van der Waals surface area contributed by atoms with Gasteiger partial charge in [0.25, 0.3) is 5.91 Å². The zero-order valence-electron chi connectivity index (χ0n) is 18.7. The summed E-state index contributed by atoms with van der Waals surface area (Å²) in [4.78, 5) is 13.0. The number of halogens is 1. The van der Waals surface area contributed by atoms with Crippen LogP contribution in [0, 0.1) is 11.3 Å². The number of hydrogen-bond acceptors (Lipinski definition) is 3. The van der Waals surface area contributed by atoms with Crippen molar-refractivity contribution in [2.75, 3.05) is 11.9 Å². The number of fused-ring (bicyclic) bond motifs is 1. The SMILES string of the molecule is CCOc1ccc(NC(=O)/C(C#N)=C/c2c(Cc3ccccc3Cl)ccc3ccccc23)cc1. The molecule has 0 aliphatic rings. The Bertz CT molecular complexity index is 1400. The lowest BCUT2D eigenvalue weighted by Crippen LogP contribution is -2.13. The third kappa shape index (κ3) is 5.28. The highest BCUT2D eigenvalue weighted by Gasteiger charge is 2.14. The van der Waals surface area contributed by atoms with Crippen molar-refractivity contribution in [3.05, 3.63) is 112 Å². The van der Waals surface area contributed by atoms with Crippen molar-refractivity contribution in [2.45, 2.75) is 13.3 Å². The Balaban J connectivity index is 1.71. The van der Waals surface area contributed by atoms with Gasteiger partial charge in [0.15, 0.2) is 0 Å². The number of nitrogens with zero attached hydrogens (tertiary/aromatic N) is 1. The average Bonchev–Trinajstić information content (AvgIpc) is 2.86. The number of carbonyl (C=O) groups excluding carboxylic acids is 1. The summed E-state index contributed by atoms with van der Waals surface area (Å²) >= 11 is 6.41. The first kappa shape index (κ1) is 23.1. The Morgan fingerprint density at radius 1 is 0.971 bits per heavy atom. The van der Waals surface area contributed by atoms with Crippen LogP contribution < -0.4 is 10.1 Å². The number of anilines is 1. The summed E-state index contributed by atoms with van der Waals surface area (Å²) < 4.78 is 5.44. The normalized spacial score (nSPS) is 11.1. The van der Waals surface area contributed by atoms with Crippen molar-refractivity contribution in [3.8, 4) is 11.8 Å². The molecule has 34 heavy (non-hydrogen) atoms. The lowest BCUT2D eigenvalue weighted by molar-refractivity contribution is -0.112. The Hall–Kier alpha value is -4.07. The van der Waals surface area contributed by atoms with Gasteiger partial charge in [0.1, 0.15) is 17.4 Å². The molecule has 1 N–H and O–H groups in total. The van der Waals surface area contributed by atoms with Crippen LogP contribution in [0.15, 0.2) is 90.5 Å². The van der Waals surface area contributed by atoms with Crippen molar-refractivity contribution < 1.29 is 9.53 Å².